The van der Waals surface area contributed by atoms with E-state index in [1.807, 2.05) is 0 Å². The summed E-state index contributed by atoms with van der Waals surface area (Å²) in [6, 6.07) is 2.95. The third kappa shape index (κ3) is 2.95. The first-order valence-corrected chi connectivity index (χ1v) is 7.92. The lowest BCUT2D eigenvalue weighted by Gasteiger charge is -2.14. The first-order valence-electron chi connectivity index (χ1n) is 6.51. The van der Waals surface area contributed by atoms with Crippen molar-refractivity contribution < 1.29 is 34.6 Å². The Hall–Kier alpha value is -2.16. The quantitative estimate of drug-likeness (QED) is 0.356. The topological polar surface area (TPSA) is 43.4 Å². The van der Waals surface area contributed by atoms with E-state index in [0.717, 1.165) is 5.56 Å². The molecular formula is C15H11F5O3S. The highest BCUT2D eigenvalue weighted by molar-refractivity contribution is 7.87. The molecule has 0 N–H and O–H groups in total. The lowest BCUT2D eigenvalue weighted by atomic mass is 10.1. The van der Waals surface area contributed by atoms with Crippen LogP contribution in [-0.2, 0) is 10.1 Å². The maximum atomic E-state index is 13.6. The second-order valence-corrected chi connectivity index (χ2v) is 6.65. The van der Waals surface area contributed by atoms with Crippen LogP contribution < -0.4 is 4.18 Å². The molecule has 2 aromatic carbocycles. The van der Waals surface area contributed by atoms with E-state index in [-0.39, 0.29) is 11.1 Å². The third-order valence-corrected chi connectivity index (χ3v) is 4.75. The summed E-state index contributed by atoms with van der Waals surface area (Å²) in [5.41, 5.74) is 1.13. The standard InChI is InChI=1S/C15H11F5O3S/c1-6-4-7(2)15(8(3)5-6)24(21,22)23-14-12(19)10(17)9(16)11(18)13(14)20/h4-5H,1-3H3. The van der Waals surface area contributed by atoms with Gasteiger partial charge >= 0.3 is 10.1 Å². The fourth-order valence-electron chi connectivity index (χ4n) is 2.37. The Morgan fingerprint density at radius 2 is 1.12 bits per heavy atom. The third-order valence-electron chi connectivity index (χ3n) is 3.22. The van der Waals surface area contributed by atoms with Gasteiger partial charge in [0.05, 0.1) is 0 Å². The molecule has 0 aliphatic carbocycles. The zero-order valence-corrected chi connectivity index (χ0v) is 13.5. The van der Waals surface area contributed by atoms with Gasteiger partial charge in [0.15, 0.2) is 0 Å². The molecule has 9 heteroatoms. The molecule has 24 heavy (non-hydrogen) atoms. The van der Waals surface area contributed by atoms with E-state index in [2.05, 4.69) is 4.18 Å². The van der Waals surface area contributed by atoms with E-state index in [1.54, 1.807) is 6.92 Å². The van der Waals surface area contributed by atoms with Crippen LogP contribution in [0.25, 0.3) is 0 Å². The second kappa shape index (κ2) is 6.04. The molecule has 0 fully saturated rings. The number of halogens is 5. The summed E-state index contributed by atoms with van der Waals surface area (Å²) >= 11 is 0. The van der Waals surface area contributed by atoms with Crippen molar-refractivity contribution in [2.75, 3.05) is 0 Å². The molecule has 0 heterocycles. The van der Waals surface area contributed by atoms with E-state index >= 15 is 0 Å². The van der Waals surface area contributed by atoms with Crippen molar-refractivity contribution in [2.45, 2.75) is 25.7 Å². The Kier molecular flexibility index (Phi) is 4.58. The van der Waals surface area contributed by atoms with Gasteiger partial charge in [0.2, 0.25) is 34.8 Å². The highest BCUT2D eigenvalue weighted by Crippen LogP contribution is 2.32. The number of benzene rings is 2. The smallest absolute Gasteiger partial charge is 0.339 e. The van der Waals surface area contributed by atoms with Crippen LogP contribution >= 0.6 is 0 Å². The van der Waals surface area contributed by atoms with Crippen molar-refractivity contribution in [1.29, 1.82) is 0 Å². The molecule has 130 valence electrons. The molecule has 2 rings (SSSR count). The van der Waals surface area contributed by atoms with Gasteiger partial charge in [-0.2, -0.15) is 17.2 Å². The molecular weight excluding hydrogens is 355 g/mol. The van der Waals surface area contributed by atoms with Crippen molar-refractivity contribution in [2.24, 2.45) is 0 Å². The molecule has 0 bridgehead atoms. The van der Waals surface area contributed by atoms with E-state index in [1.165, 1.54) is 26.0 Å². The fourth-order valence-corrected chi connectivity index (χ4v) is 3.73. The number of hydrogen-bond acceptors (Lipinski definition) is 3. The summed E-state index contributed by atoms with van der Waals surface area (Å²) < 4.78 is 95.3. The van der Waals surface area contributed by atoms with Crippen molar-refractivity contribution >= 4 is 10.1 Å². The fraction of sp³-hybridized carbons (Fsp3) is 0.200. The second-order valence-electron chi connectivity index (χ2n) is 5.16. The van der Waals surface area contributed by atoms with Crippen molar-refractivity contribution in [3.05, 3.63) is 57.9 Å². The minimum atomic E-state index is -4.82. The minimum Gasteiger partial charge on any atom is -0.372 e. The summed E-state index contributed by atoms with van der Waals surface area (Å²) in [5, 5.41) is 0. The van der Waals surface area contributed by atoms with Gasteiger partial charge in [0.1, 0.15) is 4.90 Å². The number of aryl methyl sites for hydroxylation is 3. The summed E-state index contributed by atoms with van der Waals surface area (Å²) in [4.78, 5) is -0.406. The van der Waals surface area contributed by atoms with E-state index in [0.29, 0.717) is 0 Å². The predicted molar refractivity (Wildman–Crippen MR) is 74.7 cm³/mol. The summed E-state index contributed by atoms with van der Waals surface area (Å²) in [5.74, 6) is -13.6. The first kappa shape index (κ1) is 18.2. The van der Waals surface area contributed by atoms with Crippen LogP contribution in [-0.4, -0.2) is 8.42 Å². The normalized spacial score (nSPS) is 11.7. The van der Waals surface area contributed by atoms with Crippen LogP contribution in [0.15, 0.2) is 17.0 Å². The molecule has 0 aliphatic heterocycles. The molecule has 0 aliphatic rings. The molecule has 0 spiro atoms. The number of hydrogen-bond donors (Lipinski definition) is 0. The minimum absolute atomic E-state index is 0.205. The largest absolute Gasteiger partial charge is 0.372 e. The van der Waals surface area contributed by atoms with E-state index < -0.39 is 49.8 Å². The van der Waals surface area contributed by atoms with Gasteiger partial charge < -0.3 is 4.18 Å². The van der Waals surface area contributed by atoms with Crippen molar-refractivity contribution in [3.63, 3.8) is 0 Å². The lowest BCUT2D eigenvalue weighted by molar-refractivity contribution is 0.346. The molecule has 2 aromatic rings. The summed E-state index contributed by atoms with van der Waals surface area (Å²) in [6.07, 6.45) is 0. The van der Waals surface area contributed by atoms with E-state index in [4.69, 9.17) is 0 Å². The van der Waals surface area contributed by atoms with Gasteiger partial charge in [-0.25, -0.2) is 13.2 Å². The summed E-state index contributed by atoms with van der Waals surface area (Å²) in [7, 11) is -4.82. The molecule has 0 amide bonds. The van der Waals surface area contributed by atoms with Gasteiger partial charge in [0.25, 0.3) is 0 Å². The maximum Gasteiger partial charge on any atom is 0.339 e. The first-order chi connectivity index (χ1) is 11.0. The Labute approximate surface area is 134 Å². The predicted octanol–water partition coefficient (Wildman–Crippen LogP) is 4.08. The van der Waals surface area contributed by atoms with Crippen LogP contribution in [0.2, 0.25) is 0 Å². The van der Waals surface area contributed by atoms with E-state index in [9.17, 15) is 30.4 Å². The van der Waals surface area contributed by atoms with Crippen LogP contribution in [0.1, 0.15) is 16.7 Å². The van der Waals surface area contributed by atoms with Gasteiger partial charge in [-0.15, -0.1) is 0 Å². The van der Waals surface area contributed by atoms with Crippen LogP contribution in [0.3, 0.4) is 0 Å². The van der Waals surface area contributed by atoms with Gasteiger partial charge in [-0.1, -0.05) is 17.7 Å². The molecule has 0 saturated carbocycles. The molecule has 0 aromatic heterocycles. The Balaban J connectivity index is 2.65. The molecule has 0 saturated heterocycles. The Bertz CT molecular complexity index is 887. The van der Waals surface area contributed by atoms with Crippen molar-refractivity contribution in [3.8, 4) is 5.75 Å². The van der Waals surface area contributed by atoms with Crippen LogP contribution in [0, 0.1) is 49.9 Å². The van der Waals surface area contributed by atoms with Crippen LogP contribution in [0.4, 0.5) is 22.0 Å². The maximum absolute atomic E-state index is 13.6. The Morgan fingerprint density at radius 1 is 0.750 bits per heavy atom. The summed E-state index contributed by atoms with van der Waals surface area (Å²) in [6.45, 7) is 4.52. The van der Waals surface area contributed by atoms with Gasteiger partial charge in [-0.05, 0) is 31.9 Å². The molecule has 0 radical (unpaired) electrons. The zero-order valence-electron chi connectivity index (χ0n) is 12.7. The van der Waals surface area contributed by atoms with Crippen molar-refractivity contribution in [1.82, 2.24) is 0 Å². The van der Waals surface area contributed by atoms with Gasteiger partial charge in [0, 0.05) is 0 Å². The highest BCUT2D eigenvalue weighted by Gasteiger charge is 2.32. The van der Waals surface area contributed by atoms with Crippen LogP contribution in [0.5, 0.6) is 5.75 Å². The monoisotopic (exact) mass is 366 g/mol. The van der Waals surface area contributed by atoms with Gasteiger partial charge in [-0.3, -0.25) is 0 Å². The SMILES string of the molecule is Cc1cc(C)c(S(=O)(=O)Oc2c(F)c(F)c(F)c(F)c2F)c(C)c1. The zero-order chi connectivity index (χ0) is 18.4. The Morgan fingerprint density at radius 3 is 1.54 bits per heavy atom. The molecule has 0 unspecified atom stereocenters. The highest BCUT2D eigenvalue weighted by atomic mass is 32.2. The molecule has 0 atom stereocenters. The molecule has 3 nitrogen and oxygen atoms in total. The number of rotatable bonds is 3. The lowest BCUT2D eigenvalue weighted by Crippen LogP contribution is -2.16. The average molecular weight is 366 g/mol. The average Bonchev–Trinajstić information content (AvgIpc) is 2.46.